The van der Waals surface area contributed by atoms with Gasteiger partial charge in [-0.15, -0.1) is 0 Å². The highest BCUT2D eigenvalue weighted by Gasteiger charge is 2.35. The van der Waals surface area contributed by atoms with E-state index in [1.807, 2.05) is 24.6 Å². The number of carbonyl (C=O) groups excluding carboxylic acids is 2. The maximum absolute atomic E-state index is 12.5. The van der Waals surface area contributed by atoms with Gasteiger partial charge in [-0.2, -0.15) is 5.10 Å². The van der Waals surface area contributed by atoms with Gasteiger partial charge in [0, 0.05) is 42.5 Å². The number of carbonyl (C=O) groups is 2. The Morgan fingerprint density at radius 3 is 2.67 bits per heavy atom. The van der Waals surface area contributed by atoms with Crippen LogP contribution >= 0.6 is 11.6 Å². The summed E-state index contributed by atoms with van der Waals surface area (Å²) in [6, 6.07) is 9.14. The lowest BCUT2D eigenvalue weighted by atomic mass is 10.1. The number of nitrogens with zero attached hydrogens (tertiary/aromatic N) is 3. The van der Waals surface area contributed by atoms with Gasteiger partial charge in [-0.3, -0.25) is 14.3 Å². The smallest absolute Gasteiger partial charge is 0.227 e. The van der Waals surface area contributed by atoms with Crippen molar-refractivity contribution in [3.05, 3.63) is 46.7 Å². The molecular formula is C20H25ClN4O2. The van der Waals surface area contributed by atoms with Gasteiger partial charge < -0.3 is 10.2 Å². The molecule has 6 nitrogen and oxygen atoms in total. The Morgan fingerprint density at radius 1 is 1.33 bits per heavy atom. The molecule has 27 heavy (non-hydrogen) atoms. The van der Waals surface area contributed by atoms with E-state index in [4.69, 9.17) is 11.6 Å². The standard InChI is InChI=1S/C20H25ClN4O2/c1-13(11-25-15(3)8-14(2)23-25)10-22-20(27)16-9-19(26)24(12-16)18-6-4-17(21)5-7-18/h4-8,13,16H,9-12H2,1-3H3,(H,22,27). The van der Waals surface area contributed by atoms with E-state index >= 15 is 0 Å². The molecular weight excluding hydrogens is 364 g/mol. The largest absolute Gasteiger partial charge is 0.355 e. The van der Waals surface area contributed by atoms with Crippen LogP contribution in [0.1, 0.15) is 24.7 Å². The third-order valence-corrected chi connectivity index (χ3v) is 5.10. The molecule has 0 aliphatic carbocycles. The molecule has 0 spiro atoms. The molecule has 1 N–H and O–H groups in total. The van der Waals surface area contributed by atoms with Crippen molar-refractivity contribution >= 4 is 29.1 Å². The molecule has 2 aromatic rings. The fraction of sp³-hybridized carbons (Fsp3) is 0.450. The predicted octanol–water partition coefficient (Wildman–Crippen LogP) is 2.96. The zero-order valence-electron chi connectivity index (χ0n) is 15.9. The van der Waals surface area contributed by atoms with Crippen molar-refractivity contribution < 1.29 is 9.59 Å². The fourth-order valence-electron chi connectivity index (χ4n) is 3.39. The Bertz CT molecular complexity index is 831. The van der Waals surface area contributed by atoms with Crippen molar-refractivity contribution in [3.63, 3.8) is 0 Å². The summed E-state index contributed by atoms with van der Waals surface area (Å²) >= 11 is 5.90. The number of hydrogen-bond donors (Lipinski definition) is 1. The molecule has 1 aliphatic heterocycles. The summed E-state index contributed by atoms with van der Waals surface area (Å²) in [7, 11) is 0. The van der Waals surface area contributed by atoms with E-state index in [2.05, 4.69) is 17.3 Å². The predicted molar refractivity (Wildman–Crippen MR) is 106 cm³/mol. The van der Waals surface area contributed by atoms with E-state index in [-0.39, 0.29) is 30.1 Å². The van der Waals surface area contributed by atoms with Crippen molar-refractivity contribution in [1.82, 2.24) is 15.1 Å². The van der Waals surface area contributed by atoms with Crippen LogP contribution in [0.5, 0.6) is 0 Å². The van der Waals surface area contributed by atoms with Crippen LogP contribution in [-0.2, 0) is 16.1 Å². The average molecular weight is 389 g/mol. The molecule has 1 aromatic heterocycles. The van der Waals surface area contributed by atoms with Crippen LogP contribution in [0, 0.1) is 25.7 Å². The van der Waals surface area contributed by atoms with Crippen LogP contribution in [0.3, 0.4) is 0 Å². The Balaban J connectivity index is 1.51. The monoisotopic (exact) mass is 388 g/mol. The van der Waals surface area contributed by atoms with Crippen molar-refractivity contribution in [2.45, 2.75) is 33.7 Å². The number of hydrogen-bond acceptors (Lipinski definition) is 3. The van der Waals surface area contributed by atoms with Gasteiger partial charge in [-0.1, -0.05) is 18.5 Å². The third kappa shape index (κ3) is 4.69. The minimum absolute atomic E-state index is 0.0341. The fourth-order valence-corrected chi connectivity index (χ4v) is 3.52. The van der Waals surface area contributed by atoms with Gasteiger partial charge >= 0.3 is 0 Å². The van der Waals surface area contributed by atoms with Crippen molar-refractivity contribution in [2.75, 3.05) is 18.0 Å². The lowest BCUT2D eigenvalue weighted by molar-refractivity contribution is -0.126. The highest BCUT2D eigenvalue weighted by molar-refractivity contribution is 6.30. The summed E-state index contributed by atoms with van der Waals surface area (Å²) in [4.78, 5) is 26.5. The summed E-state index contributed by atoms with van der Waals surface area (Å²) in [5.41, 5.74) is 2.89. The molecule has 144 valence electrons. The highest BCUT2D eigenvalue weighted by atomic mass is 35.5. The Morgan fingerprint density at radius 2 is 2.04 bits per heavy atom. The third-order valence-electron chi connectivity index (χ3n) is 4.85. The second-order valence-electron chi connectivity index (χ2n) is 7.34. The first kappa shape index (κ1) is 19.4. The second-order valence-corrected chi connectivity index (χ2v) is 7.78. The molecule has 7 heteroatoms. The van der Waals surface area contributed by atoms with Gasteiger partial charge in [0.25, 0.3) is 0 Å². The van der Waals surface area contributed by atoms with Crippen LogP contribution in [-0.4, -0.2) is 34.7 Å². The Labute approximate surface area is 164 Å². The molecule has 2 amide bonds. The van der Waals surface area contributed by atoms with E-state index in [1.165, 1.54) is 0 Å². The van der Waals surface area contributed by atoms with Gasteiger partial charge in [0.1, 0.15) is 0 Å². The summed E-state index contributed by atoms with van der Waals surface area (Å²) in [6.45, 7) is 7.79. The maximum atomic E-state index is 12.5. The zero-order chi connectivity index (χ0) is 19.6. The second kappa shape index (κ2) is 8.13. The summed E-state index contributed by atoms with van der Waals surface area (Å²) in [5, 5.41) is 8.07. The van der Waals surface area contributed by atoms with Gasteiger partial charge in [0.15, 0.2) is 0 Å². The number of amides is 2. The normalized spacial score (nSPS) is 18.0. The van der Waals surface area contributed by atoms with Crippen LogP contribution in [0.2, 0.25) is 5.02 Å². The van der Waals surface area contributed by atoms with E-state index in [0.29, 0.717) is 18.1 Å². The summed E-state index contributed by atoms with van der Waals surface area (Å²) in [6.07, 6.45) is 0.236. The van der Waals surface area contributed by atoms with Crippen LogP contribution in [0.25, 0.3) is 0 Å². The van der Waals surface area contributed by atoms with Crippen molar-refractivity contribution in [3.8, 4) is 0 Å². The number of halogens is 1. The topological polar surface area (TPSA) is 67.2 Å². The van der Waals surface area contributed by atoms with E-state index < -0.39 is 0 Å². The number of anilines is 1. The SMILES string of the molecule is Cc1cc(C)n(CC(C)CNC(=O)C2CC(=O)N(c3ccc(Cl)cc3)C2)n1. The average Bonchev–Trinajstić information content (AvgIpc) is 3.15. The molecule has 0 saturated carbocycles. The maximum Gasteiger partial charge on any atom is 0.227 e. The van der Waals surface area contributed by atoms with Crippen LogP contribution in [0.15, 0.2) is 30.3 Å². The quantitative estimate of drug-likeness (QED) is 0.827. The summed E-state index contributed by atoms with van der Waals surface area (Å²) < 4.78 is 1.97. The number of aromatic nitrogens is 2. The van der Waals surface area contributed by atoms with Gasteiger partial charge in [0.2, 0.25) is 11.8 Å². The first-order chi connectivity index (χ1) is 12.8. The molecule has 2 atom stereocenters. The molecule has 2 heterocycles. The molecule has 1 aromatic carbocycles. The molecule has 0 bridgehead atoms. The number of rotatable bonds is 6. The Hall–Kier alpha value is -2.34. The lowest BCUT2D eigenvalue weighted by Crippen LogP contribution is -2.36. The molecule has 2 unspecified atom stereocenters. The van der Waals surface area contributed by atoms with Crippen molar-refractivity contribution in [1.29, 1.82) is 0 Å². The highest BCUT2D eigenvalue weighted by Crippen LogP contribution is 2.26. The number of aryl methyl sites for hydroxylation is 2. The van der Waals surface area contributed by atoms with Gasteiger partial charge in [0.05, 0.1) is 11.6 Å². The van der Waals surface area contributed by atoms with E-state index in [0.717, 1.165) is 23.6 Å². The first-order valence-electron chi connectivity index (χ1n) is 9.18. The number of nitrogens with one attached hydrogen (secondary N) is 1. The first-order valence-corrected chi connectivity index (χ1v) is 9.56. The lowest BCUT2D eigenvalue weighted by Gasteiger charge is -2.18. The molecule has 3 rings (SSSR count). The van der Waals surface area contributed by atoms with Gasteiger partial charge in [-0.25, -0.2) is 0 Å². The minimum Gasteiger partial charge on any atom is -0.355 e. The van der Waals surface area contributed by atoms with Gasteiger partial charge in [-0.05, 0) is 50.1 Å². The van der Waals surface area contributed by atoms with Crippen LogP contribution in [0.4, 0.5) is 5.69 Å². The zero-order valence-corrected chi connectivity index (χ0v) is 16.7. The van der Waals surface area contributed by atoms with Crippen LogP contribution < -0.4 is 10.2 Å². The van der Waals surface area contributed by atoms with E-state index in [1.54, 1.807) is 29.2 Å². The number of benzene rings is 1. The van der Waals surface area contributed by atoms with E-state index in [9.17, 15) is 9.59 Å². The molecule has 0 radical (unpaired) electrons. The molecule has 1 saturated heterocycles. The Kier molecular flexibility index (Phi) is 5.85. The molecule has 1 aliphatic rings. The van der Waals surface area contributed by atoms with Crippen molar-refractivity contribution in [2.24, 2.45) is 11.8 Å². The summed E-state index contributed by atoms with van der Waals surface area (Å²) in [5.74, 6) is -0.182. The molecule has 1 fully saturated rings. The minimum atomic E-state index is -0.325.